The molecule has 132 valence electrons. The van der Waals surface area contributed by atoms with Crippen molar-refractivity contribution >= 4 is 17.7 Å². The average molecular weight is 351 g/mol. The summed E-state index contributed by atoms with van der Waals surface area (Å²) in [6.07, 6.45) is 1.80. The summed E-state index contributed by atoms with van der Waals surface area (Å²) in [6.45, 7) is 7.27. The van der Waals surface area contributed by atoms with Crippen LogP contribution in [0.1, 0.15) is 37.0 Å². The lowest BCUT2D eigenvalue weighted by atomic mass is 10.1. The van der Waals surface area contributed by atoms with Gasteiger partial charge in [0.1, 0.15) is 4.93 Å². The van der Waals surface area contributed by atoms with Gasteiger partial charge in [0.05, 0.1) is 19.8 Å². The van der Waals surface area contributed by atoms with Crippen molar-refractivity contribution in [2.45, 2.75) is 31.6 Å². The summed E-state index contributed by atoms with van der Waals surface area (Å²) in [5.74, 6) is 2.43. The van der Waals surface area contributed by atoms with E-state index < -0.39 is 0 Å². The van der Waals surface area contributed by atoms with Gasteiger partial charge in [-0.3, -0.25) is 4.79 Å². The first-order valence-electron chi connectivity index (χ1n) is 8.64. The van der Waals surface area contributed by atoms with Crippen molar-refractivity contribution in [2.75, 3.05) is 38.7 Å². The van der Waals surface area contributed by atoms with E-state index in [2.05, 4.69) is 0 Å². The highest BCUT2D eigenvalue weighted by Gasteiger charge is 2.40. The number of nitrogens with zero attached hydrogens (tertiary/aromatic N) is 1. The van der Waals surface area contributed by atoms with Crippen LogP contribution in [-0.4, -0.2) is 54.4 Å². The number of amides is 1. The highest BCUT2D eigenvalue weighted by molar-refractivity contribution is 8.00. The number of piperidine rings is 1. The van der Waals surface area contributed by atoms with Gasteiger partial charge in [0.2, 0.25) is 0 Å². The van der Waals surface area contributed by atoms with Gasteiger partial charge in [-0.1, -0.05) is 0 Å². The maximum absolute atomic E-state index is 12.8. The second-order valence-corrected chi connectivity index (χ2v) is 7.37. The van der Waals surface area contributed by atoms with E-state index in [1.165, 1.54) is 0 Å². The van der Waals surface area contributed by atoms with E-state index in [1.807, 2.05) is 42.6 Å². The zero-order valence-electron chi connectivity index (χ0n) is 14.4. The van der Waals surface area contributed by atoms with Gasteiger partial charge in [-0.15, -0.1) is 11.8 Å². The van der Waals surface area contributed by atoms with Crippen molar-refractivity contribution < 1.29 is 19.0 Å². The number of carbonyl (C=O) groups excluding carboxylic acids is 1. The van der Waals surface area contributed by atoms with Gasteiger partial charge >= 0.3 is 0 Å². The molecule has 0 radical (unpaired) electrons. The average Bonchev–Trinajstić information content (AvgIpc) is 3.05. The van der Waals surface area contributed by atoms with Gasteiger partial charge in [0, 0.05) is 37.2 Å². The van der Waals surface area contributed by atoms with Crippen LogP contribution in [0.15, 0.2) is 18.2 Å². The van der Waals surface area contributed by atoms with E-state index >= 15 is 0 Å². The molecule has 6 heteroatoms. The van der Waals surface area contributed by atoms with Crippen molar-refractivity contribution in [1.82, 2.24) is 4.90 Å². The topological polar surface area (TPSA) is 48.0 Å². The van der Waals surface area contributed by atoms with Crippen LogP contribution in [0.5, 0.6) is 11.5 Å². The zero-order valence-corrected chi connectivity index (χ0v) is 15.2. The highest BCUT2D eigenvalue weighted by atomic mass is 32.2. The van der Waals surface area contributed by atoms with Crippen molar-refractivity contribution in [3.05, 3.63) is 23.8 Å². The maximum Gasteiger partial charge on any atom is 0.253 e. The zero-order chi connectivity index (χ0) is 17.0. The molecule has 0 aliphatic carbocycles. The molecule has 2 saturated heterocycles. The predicted octanol–water partition coefficient (Wildman–Crippen LogP) is 3.18. The monoisotopic (exact) mass is 351 g/mol. The molecule has 1 aromatic rings. The molecule has 1 spiro atoms. The van der Waals surface area contributed by atoms with Gasteiger partial charge in [-0.05, 0) is 32.0 Å². The van der Waals surface area contributed by atoms with Crippen molar-refractivity contribution in [3.8, 4) is 11.5 Å². The normalized spacial score (nSPS) is 19.5. The van der Waals surface area contributed by atoms with Crippen molar-refractivity contribution in [2.24, 2.45) is 0 Å². The molecule has 2 aliphatic rings. The molecule has 0 unspecified atom stereocenters. The van der Waals surface area contributed by atoms with Gasteiger partial charge in [0.15, 0.2) is 11.5 Å². The Balaban J connectivity index is 1.69. The summed E-state index contributed by atoms with van der Waals surface area (Å²) in [4.78, 5) is 14.7. The van der Waals surface area contributed by atoms with Crippen LogP contribution in [0.3, 0.4) is 0 Å². The van der Waals surface area contributed by atoms with E-state index in [0.717, 1.165) is 38.3 Å². The lowest BCUT2D eigenvalue weighted by Crippen LogP contribution is -2.45. The first kappa shape index (κ1) is 17.4. The standard InChI is InChI=1S/C18H25NO4S/c1-3-21-15-6-5-14(13-16(15)22-4-2)17(20)19-9-7-18(8-10-19)23-11-12-24-18/h5-6,13H,3-4,7-12H2,1-2H3. The second-order valence-electron chi connectivity index (χ2n) is 5.93. The predicted molar refractivity (Wildman–Crippen MR) is 95.1 cm³/mol. The van der Waals surface area contributed by atoms with Crippen molar-refractivity contribution in [3.63, 3.8) is 0 Å². The van der Waals surface area contributed by atoms with Crippen LogP contribution >= 0.6 is 11.8 Å². The number of ether oxygens (including phenoxy) is 3. The van der Waals surface area contributed by atoms with Gasteiger partial charge < -0.3 is 19.1 Å². The molecule has 1 aromatic carbocycles. The van der Waals surface area contributed by atoms with Crippen LogP contribution in [0.25, 0.3) is 0 Å². The fourth-order valence-electron chi connectivity index (χ4n) is 3.20. The first-order chi connectivity index (χ1) is 11.7. The van der Waals surface area contributed by atoms with E-state index in [1.54, 1.807) is 6.07 Å². The number of thioether (sulfide) groups is 1. The molecule has 2 heterocycles. The van der Waals surface area contributed by atoms with Gasteiger partial charge in [-0.25, -0.2) is 0 Å². The number of hydrogen-bond acceptors (Lipinski definition) is 5. The number of carbonyl (C=O) groups is 1. The van der Waals surface area contributed by atoms with Crippen LogP contribution in [0, 0.1) is 0 Å². The number of hydrogen-bond donors (Lipinski definition) is 0. The molecule has 0 atom stereocenters. The SMILES string of the molecule is CCOc1ccc(C(=O)N2CCC3(CC2)OCCS3)cc1OCC. The quantitative estimate of drug-likeness (QED) is 0.815. The largest absolute Gasteiger partial charge is 0.490 e. The molecule has 1 amide bonds. The first-order valence-corrected chi connectivity index (χ1v) is 9.63. The van der Waals surface area contributed by atoms with Crippen molar-refractivity contribution in [1.29, 1.82) is 0 Å². The summed E-state index contributed by atoms with van der Waals surface area (Å²) < 4.78 is 17.1. The Labute approximate surface area is 147 Å². The Hall–Kier alpha value is -1.40. The molecule has 2 fully saturated rings. The summed E-state index contributed by atoms with van der Waals surface area (Å²) in [5, 5.41) is 0. The molecular weight excluding hydrogens is 326 g/mol. The summed E-state index contributed by atoms with van der Waals surface area (Å²) in [5.41, 5.74) is 0.651. The third-order valence-corrected chi connectivity index (χ3v) is 5.84. The van der Waals surface area contributed by atoms with Crippen LogP contribution < -0.4 is 9.47 Å². The number of rotatable bonds is 5. The number of benzene rings is 1. The smallest absolute Gasteiger partial charge is 0.253 e. The van der Waals surface area contributed by atoms with E-state index in [-0.39, 0.29) is 10.8 Å². The summed E-state index contributed by atoms with van der Waals surface area (Å²) in [6, 6.07) is 5.44. The Kier molecular flexibility index (Phi) is 5.56. The maximum atomic E-state index is 12.8. The molecular formula is C18H25NO4S. The fourth-order valence-corrected chi connectivity index (χ4v) is 4.38. The molecule has 24 heavy (non-hydrogen) atoms. The Morgan fingerprint density at radius 2 is 1.92 bits per heavy atom. The second kappa shape index (κ2) is 7.66. The minimum Gasteiger partial charge on any atom is -0.490 e. The minimum atomic E-state index is -0.0495. The van der Waals surface area contributed by atoms with Crippen LogP contribution in [0.2, 0.25) is 0 Å². The Morgan fingerprint density at radius 3 is 2.54 bits per heavy atom. The summed E-state index contributed by atoms with van der Waals surface area (Å²) >= 11 is 1.89. The molecule has 0 saturated carbocycles. The fraction of sp³-hybridized carbons (Fsp3) is 0.611. The Bertz CT molecular complexity index is 576. The Morgan fingerprint density at radius 1 is 1.21 bits per heavy atom. The van der Waals surface area contributed by atoms with Gasteiger partial charge in [0.25, 0.3) is 5.91 Å². The number of likely N-dealkylation sites (tertiary alicyclic amines) is 1. The minimum absolute atomic E-state index is 0.0495. The van der Waals surface area contributed by atoms with Crippen LogP contribution in [-0.2, 0) is 4.74 Å². The third kappa shape index (κ3) is 3.64. The lowest BCUT2D eigenvalue weighted by Gasteiger charge is -2.37. The molecule has 5 nitrogen and oxygen atoms in total. The highest BCUT2D eigenvalue weighted by Crippen LogP contribution is 2.41. The molecule has 0 bridgehead atoms. The lowest BCUT2D eigenvalue weighted by molar-refractivity contribution is 0.00351. The third-order valence-electron chi connectivity index (χ3n) is 4.42. The van der Waals surface area contributed by atoms with Gasteiger partial charge in [-0.2, -0.15) is 0 Å². The van der Waals surface area contributed by atoms with E-state index in [0.29, 0.717) is 30.3 Å². The molecule has 3 rings (SSSR count). The molecule has 0 N–H and O–H groups in total. The van der Waals surface area contributed by atoms with Crippen LogP contribution in [0.4, 0.5) is 0 Å². The van der Waals surface area contributed by atoms with E-state index in [4.69, 9.17) is 14.2 Å². The molecule has 0 aromatic heterocycles. The van der Waals surface area contributed by atoms with E-state index in [9.17, 15) is 4.79 Å². The summed E-state index contributed by atoms with van der Waals surface area (Å²) in [7, 11) is 0. The molecule has 2 aliphatic heterocycles.